The predicted octanol–water partition coefficient (Wildman–Crippen LogP) is 1.19. The third-order valence-corrected chi connectivity index (χ3v) is 4.12. The van der Waals surface area contributed by atoms with Crippen LogP contribution in [0.3, 0.4) is 0 Å². The van der Waals surface area contributed by atoms with E-state index in [4.69, 9.17) is 0 Å². The van der Waals surface area contributed by atoms with Crippen LogP contribution in [0.4, 0.5) is 0 Å². The fourth-order valence-electron chi connectivity index (χ4n) is 2.94. The lowest BCUT2D eigenvalue weighted by Crippen LogP contribution is -2.49. The molecule has 1 aromatic rings. The lowest BCUT2D eigenvalue weighted by atomic mass is 9.79. The summed E-state index contributed by atoms with van der Waals surface area (Å²) in [6, 6.07) is 2.72. The van der Waals surface area contributed by atoms with Crippen molar-refractivity contribution >= 4 is 12.4 Å². The Hall–Kier alpha value is -1.21. The number of aliphatic hydroxyl groups excluding tert-OH is 1. The summed E-state index contributed by atoms with van der Waals surface area (Å²) in [5.41, 5.74) is 0.0179. The van der Waals surface area contributed by atoms with E-state index >= 15 is 0 Å². The molecule has 6 nitrogen and oxygen atoms in total. The van der Waals surface area contributed by atoms with E-state index < -0.39 is 11.2 Å². The highest BCUT2D eigenvalue weighted by Gasteiger charge is 2.37. The molecule has 1 aliphatic heterocycles. The van der Waals surface area contributed by atoms with Gasteiger partial charge in [0, 0.05) is 49.8 Å². The van der Waals surface area contributed by atoms with Crippen molar-refractivity contribution in [1.29, 1.82) is 0 Å². The van der Waals surface area contributed by atoms with Crippen LogP contribution in [0, 0.1) is 5.41 Å². The molecule has 0 aliphatic carbocycles. The van der Waals surface area contributed by atoms with Gasteiger partial charge in [0.15, 0.2) is 11.5 Å². The molecule has 22 heavy (non-hydrogen) atoms. The smallest absolute Gasteiger partial charge is 0.200 e. The molecule has 0 spiro atoms. The maximum Gasteiger partial charge on any atom is 0.200 e. The highest BCUT2D eigenvalue weighted by Crippen LogP contribution is 2.47. The number of rotatable bonds is 4. The first-order valence-corrected chi connectivity index (χ1v) is 7.18. The molecule has 1 fully saturated rings. The summed E-state index contributed by atoms with van der Waals surface area (Å²) < 4.78 is 0. The Morgan fingerprint density at radius 3 is 2.27 bits per heavy atom. The van der Waals surface area contributed by atoms with Crippen molar-refractivity contribution in [3.8, 4) is 17.2 Å². The average molecular weight is 333 g/mol. The third-order valence-electron chi connectivity index (χ3n) is 4.12. The normalized spacial score (nSPS) is 17.8. The molecule has 2 rings (SSSR count). The van der Waals surface area contributed by atoms with Crippen molar-refractivity contribution in [2.45, 2.75) is 19.9 Å². The second-order valence-electron chi connectivity index (χ2n) is 6.21. The van der Waals surface area contributed by atoms with Crippen LogP contribution in [0.1, 0.15) is 25.5 Å². The average Bonchev–Trinajstić information content (AvgIpc) is 2.48. The van der Waals surface area contributed by atoms with Crippen LogP contribution < -0.4 is 5.32 Å². The van der Waals surface area contributed by atoms with Crippen LogP contribution in [0.25, 0.3) is 0 Å². The number of phenols is 3. The number of halogens is 1. The van der Waals surface area contributed by atoms with Crippen molar-refractivity contribution in [3.05, 3.63) is 17.7 Å². The van der Waals surface area contributed by atoms with Crippen LogP contribution >= 0.6 is 12.4 Å². The summed E-state index contributed by atoms with van der Waals surface area (Å²) in [5.74, 6) is -1.18. The first kappa shape index (κ1) is 18.8. The molecule has 1 saturated heterocycles. The van der Waals surface area contributed by atoms with Gasteiger partial charge in [-0.2, -0.15) is 0 Å². The fourth-order valence-corrected chi connectivity index (χ4v) is 2.94. The fraction of sp³-hybridized carbons (Fsp3) is 0.600. The molecule has 7 heteroatoms. The number of hydrogen-bond acceptors (Lipinski definition) is 6. The molecule has 0 aromatic heterocycles. The van der Waals surface area contributed by atoms with Crippen molar-refractivity contribution in [3.63, 3.8) is 0 Å². The second kappa shape index (κ2) is 7.37. The zero-order chi connectivity index (χ0) is 15.6. The van der Waals surface area contributed by atoms with E-state index in [-0.39, 0.29) is 36.6 Å². The van der Waals surface area contributed by atoms with E-state index in [0.29, 0.717) is 5.56 Å². The molecule has 1 atom stereocenters. The summed E-state index contributed by atoms with van der Waals surface area (Å²) in [4.78, 5) is 2.18. The van der Waals surface area contributed by atoms with E-state index in [1.165, 1.54) is 6.07 Å². The van der Waals surface area contributed by atoms with Gasteiger partial charge in [0.1, 0.15) is 0 Å². The largest absolute Gasteiger partial charge is 0.504 e. The first-order valence-electron chi connectivity index (χ1n) is 7.18. The Bertz CT molecular complexity index is 505. The summed E-state index contributed by atoms with van der Waals surface area (Å²) in [6.07, 6.45) is 0. The summed E-state index contributed by atoms with van der Waals surface area (Å²) in [5, 5.41) is 42.5. The molecule has 0 radical (unpaired) electrons. The van der Waals surface area contributed by atoms with Crippen LogP contribution in [0.2, 0.25) is 0 Å². The lowest BCUT2D eigenvalue weighted by molar-refractivity contribution is 0.0291. The summed E-state index contributed by atoms with van der Waals surface area (Å²) in [7, 11) is 0. The Morgan fingerprint density at radius 1 is 1.14 bits per heavy atom. The number of nitrogens with zero attached hydrogens (tertiary/aromatic N) is 1. The molecule has 126 valence electrons. The zero-order valence-electron chi connectivity index (χ0n) is 12.9. The van der Waals surface area contributed by atoms with Gasteiger partial charge in [-0.25, -0.2) is 0 Å². The highest BCUT2D eigenvalue weighted by molar-refractivity contribution is 5.85. The molecule has 5 N–H and O–H groups in total. The quantitative estimate of drug-likeness (QED) is 0.532. The van der Waals surface area contributed by atoms with Crippen LogP contribution in [0.5, 0.6) is 17.2 Å². The zero-order valence-corrected chi connectivity index (χ0v) is 13.7. The summed E-state index contributed by atoms with van der Waals surface area (Å²) >= 11 is 0. The Kier molecular flexibility index (Phi) is 6.31. The molecule has 0 saturated carbocycles. The van der Waals surface area contributed by atoms with Crippen molar-refractivity contribution in [1.82, 2.24) is 10.2 Å². The molecule has 1 heterocycles. The van der Waals surface area contributed by atoms with E-state index in [1.807, 2.05) is 13.8 Å². The van der Waals surface area contributed by atoms with Crippen molar-refractivity contribution < 1.29 is 20.4 Å². The standard InChI is InChI=1S/C15H24N2O4.ClH/c1-15(2,9-18)14(17-7-5-16-6-8-17)10-3-4-11(19)13(21)12(10)20;/h3-4,14,16,18-21H,5-9H2,1-2H3;1H/t14-;/m0./s1. The van der Waals surface area contributed by atoms with E-state index in [0.717, 1.165) is 26.2 Å². The maximum atomic E-state index is 10.2. The minimum Gasteiger partial charge on any atom is -0.504 e. The van der Waals surface area contributed by atoms with Gasteiger partial charge in [-0.05, 0) is 12.1 Å². The number of aromatic hydroxyl groups is 3. The minimum absolute atomic E-state index is 0. The summed E-state index contributed by atoms with van der Waals surface area (Å²) in [6.45, 7) is 7.03. The van der Waals surface area contributed by atoms with Gasteiger partial charge in [0.25, 0.3) is 0 Å². The third kappa shape index (κ3) is 3.57. The Balaban J connectivity index is 0.00000242. The van der Waals surface area contributed by atoms with Crippen LogP contribution in [-0.2, 0) is 0 Å². The highest BCUT2D eigenvalue weighted by atomic mass is 35.5. The van der Waals surface area contributed by atoms with E-state index in [9.17, 15) is 20.4 Å². The number of aliphatic hydroxyl groups is 1. The van der Waals surface area contributed by atoms with Gasteiger partial charge < -0.3 is 25.7 Å². The van der Waals surface area contributed by atoms with E-state index in [1.54, 1.807) is 6.07 Å². The second-order valence-corrected chi connectivity index (χ2v) is 6.21. The van der Waals surface area contributed by atoms with Gasteiger partial charge >= 0.3 is 0 Å². The molecule has 1 aromatic carbocycles. The monoisotopic (exact) mass is 332 g/mol. The lowest BCUT2D eigenvalue weighted by Gasteiger charge is -2.43. The number of hydrogen-bond donors (Lipinski definition) is 5. The van der Waals surface area contributed by atoms with Gasteiger partial charge in [-0.1, -0.05) is 13.8 Å². The Labute approximate surface area is 136 Å². The molecular formula is C15H25ClN2O4. The number of nitrogens with one attached hydrogen (secondary N) is 1. The van der Waals surface area contributed by atoms with E-state index in [2.05, 4.69) is 10.2 Å². The van der Waals surface area contributed by atoms with Crippen molar-refractivity contribution in [2.24, 2.45) is 5.41 Å². The predicted molar refractivity (Wildman–Crippen MR) is 86.7 cm³/mol. The first-order chi connectivity index (χ1) is 9.88. The van der Waals surface area contributed by atoms with Crippen LogP contribution in [-0.4, -0.2) is 58.1 Å². The van der Waals surface area contributed by atoms with Crippen LogP contribution in [0.15, 0.2) is 12.1 Å². The number of phenolic OH excluding ortho intramolecular Hbond substituents is 3. The topological polar surface area (TPSA) is 96.2 Å². The molecular weight excluding hydrogens is 308 g/mol. The SMILES string of the molecule is CC(C)(CO)[C@H](c1ccc(O)c(O)c1O)N1CCNCC1.Cl. The molecule has 0 unspecified atom stereocenters. The molecule has 0 amide bonds. The van der Waals surface area contributed by atoms with Gasteiger partial charge in [0.05, 0.1) is 0 Å². The molecule has 1 aliphatic rings. The number of benzene rings is 1. The Morgan fingerprint density at radius 2 is 1.73 bits per heavy atom. The van der Waals surface area contributed by atoms with Gasteiger partial charge in [-0.3, -0.25) is 4.90 Å². The number of piperazine rings is 1. The minimum atomic E-state index is -0.513. The van der Waals surface area contributed by atoms with Gasteiger partial charge in [-0.15, -0.1) is 12.4 Å². The molecule has 0 bridgehead atoms. The maximum absolute atomic E-state index is 10.2. The van der Waals surface area contributed by atoms with Gasteiger partial charge in [0.2, 0.25) is 5.75 Å². The van der Waals surface area contributed by atoms with Crippen molar-refractivity contribution in [2.75, 3.05) is 32.8 Å².